The Morgan fingerprint density at radius 3 is 2.41 bits per heavy atom. The van der Waals surface area contributed by atoms with Crippen LogP contribution in [0.2, 0.25) is 0 Å². The number of halogens is 1. The highest BCUT2D eigenvalue weighted by molar-refractivity contribution is 9.10. The van der Waals surface area contributed by atoms with Gasteiger partial charge in [-0.2, -0.15) is 10.4 Å². The number of benzene rings is 3. The highest BCUT2D eigenvalue weighted by Gasteiger charge is 2.13. The molecule has 8 nitrogen and oxygen atoms in total. The molecule has 9 heteroatoms. The number of amides is 1. The molecule has 34 heavy (non-hydrogen) atoms. The standard InChI is InChI=1S/C25H19BrN4O4/c1-33-22-13-16(12-19(26)25(22)34-11-10-27)14-28-29-23(31)15-30-20-8-4-2-6-17(20)24(32)18-7-3-5-9-21(18)30/h2-9,12-14H,11,15H2,1H3,(H,29,31)/b28-14-. The molecule has 4 aromatic rings. The molecule has 0 atom stereocenters. The van der Waals surface area contributed by atoms with Crippen molar-refractivity contribution in [2.24, 2.45) is 5.10 Å². The van der Waals surface area contributed by atoms with Crippen molar-refractivity contribution in [1.82, 2.24) is 9.99 Å². The van der Waals surface area contributed by atoms with E-state index in [9.17, 15) is 9.59 Å². The first-order chi connectivity index (χ1) is 16.5. The molecule has 0 spiro atoms. The largest absolute Gasteiger partial charge is 0.493 e. The van der Waals surface area contributed by atoms with Gasteiger partial charge < -0.3 is 14.0 Å². The number of nitriles is 1. The summed E-state index contributed by atoms with van der Waals surface area (Å²) < 4.78 is 13.1. The third kappa shape index (κ3) is 4.63. The van der Waals surface area contributed by atoms with Crippen LogP contribution < -0.4 is 20.3 Å². The van der Waals surface area contributed by atoms with Gasteiger partial charge in [-0.1, -0.05) is 24.3 Å². The zero-order valence-electron chi connectivity index (χ0n) is 18.1. The third-order valence-electron chi connectivity index (χ3n) is 5.12. The molecule has 0 aliphatic rings. The SMILES string of the molecule is COc1cc(/C=N\NC(=O)Cn2c3ccccc3c(=O)c3ccccc32)cc(Br)c1OCC#N. The molecule has 1 amide bonds. The summed E-state index contributed by atoms with van der Waals surface area (Å²) in [6.07, 6.45) is 1.47. The molecule has 0 unspecified atom stereocenters. The minimum absolute atomic E-state index is 0.0212. The van der Waals surface area contributed by atoms with E-state index >= 15 is 0 Å². The Morgan fingerprint density at radius 2 is 1.79 bits per heavy atom. The number of hydrogen-bond donors (Lipinski definition) is 1. The van der Waals surface area contributed by atoms with Crippen LogP contribution in [0, 0.1) is 11.3 Å². The fourth-order valence-corrected chi connectivity index (χ4v) is 4.24. The van der Waals surface area contributed by atoms with Crippen LogP contribution in [0.4, 0.5) is 0 Å². The van der Waals surface area contributed by atoms with Crippen LogP contribution in [0.3, 0.4) is 0 Å². The first kappa shape index (κ1) is 23.0. The van der Waals surface area contributed by atoms with Gasteiger partial charge in [-0.25, -0.2) is 5.43 Å². The van der Waals surface area contributed by atoms with Gasteiger partial charge in [0.2, 0.25) is 0 Å². The van der Waals surface area contributed by atoms with Crippen LogP contribution in [-0.4, -0.2) is 30.4 Å². The van der Waals surface area contributed by atoms with E-state index in [-0.39, 0.29) is 24.5 Å². The smallest absolute Gasteiger partial charge is 0.260 e. The number of fused-ring (bicyclic) bond motifs is 2. The molecular weight excluding hydrogens is 500 g/mol. The topological polar surface area (TPSA) is 106 Å². The molecule has 170 valence electrons. The van der Waals surface area contributed by atoms with Crippen molar-refractivity contribution in [3.63, 3.8) is 0 Å². The molecule has 1 N–H and O–H groups in total. The van der Waals surface area contributed by atoms with Crippen LogP contribution >= 0.6 is 15.9 Å². The van der Waals surface area contributed by atoms with Gasteiger partial charge in [0.25, 0.3) is 5.91 Å². The van der Waals surface area contributed by atoms with Crippen LogP contribution in [-0.2, 0) is 11.3 Å². The van der Waals surface area contributed by atoms with Crippen molar-refractivity contribution in [2.45, 2.75) is 6.54 Å². The number of pyridine rings is 1. The Labute approximate surface area is 203 Å². The lowest BCUT2D eigenvalue weighted by Crippen LogP contribution is -2.25. The van der Waals surface area contributed by atoms with Gasteiger partial charge in [-0.15, -0.1) is 0 Å². The number of carbonyl (C=O) groups excluding carboxylic acids is 1. The van der Waals surface area contributed by atoms with E-state index in [1.165, 1.54) is 13.3 Å². The van der Waals surface area contributed by atoms with Gasteiger partial charge >= 0.3 is 0 Å². The lowest BCUT2D eigenvalue weighted by molar-refractivity contribution is -0.121. The number of hydrazone groups is 1. The Kier molecular flexibility index (Phi) is 6.90. The van der Waals surface area contributed by atoms with E-state index in [0.717, 1.165) is 0 Å². The molecule has 0 saturated heterocycles. The highest BCUT2D eigenvalue weighted by atomic mass is 79.9. The number of para-hydroxylation sites is 2. The molecule has 1 aromatic heterocycles. The van der Waals surface area contributed by atoms with Gasteiger partial charge in [0, 0.05) is 10.8 Å². The summed E-state index contributed by atoms with van der Waals surface area (Å²) in [4.78, 5) is 25.6. The van der Waals surface area contributed by atoms with Gasteiger partial charge in [-0.3, -0.25) is 9.59 Å². The number of methoxy groups -OCH3 is 1. The minimum Gasteiger partial charge on any atom is -0.493 e. The summed E-state index contributed by atoms with van der Waals surface area (Å²) in [5, 5.41) is 13.9. The summed E-state index contributed by atoms with van der Waals surface area (Å²) in [5.41, 5.74) is 4.46. The van der Waals surface area contributed by atoms with Crippen molar-refractivity contribution >= 4 is 49.9 Å². The lowest BCUT2D eigenvalue weighted by Gasteiger charge is -2.14. The number of nitrogens with one attached hydrogen (secondary N) is 1. The second-order valence-electron chi connectivity index (χ2n) is 7.22. The predicted molar refractivity (Wildman–Crippen MR) is 133 cm³/mol. The summed E-state index contributed by atoms with van der Waals surface area (Å²) in [7, 11) is 1.49. The molecule has 1 heterocycles. The molecule has 0 saturated carbocycles. The van der Waals surface area contributed by atoms with Crippen molar-refractivity contribution in [3.8, 4) is 17.6 Å². The fourth-order valence-electron chi connectivity index (χ4n) is 3.66. The van der Waals surface area contributed by atoms with E-state index in [2.05, 4.69) is 26.5 Å². The van der Waals surface area contributed by atoms with E-state index in [0.29, 0.717) is 43.3 Å². The molecule has 0 aliphatic carbocycles. The molecule has 0 radical (unpaired) electrons. The minimum atomic E-state index is -0.352. The summed E-state index contributed by atoms with van der Waals surface area (Å²) in [5.74, 6) is 0.473. The average molecular weight is 519 g/mol. The molecule has 0 aliphatic heterocycles. The monoisotopic (exact) mass is 518 g/mol. The normalized spacial score (nSPS) is 11.0. The van der Waals surface area contributed by atoms with Crippen LogP contribution in [0.25, 0.3) is 21.8 Å². The fraction of sp³-hybridized carbons (Fsp3) is 0.120. The van der Waals surface area contributed by atoms with E-state index in [1.54, 1.807) is 41.0 Å². The number of carbonyl (C=O) groups is 1. The van der Waals surface area contributed by atoms with Gasteiger partial charge in [-0.05, 0) is 57.9 Å². The number of hydrogen-bond acceptors (Lipinski definition) is 6. The van der Waals surface area contributed by atoms with Crippen molar-refractivity contribution in [3.05, 3.63) is 80.9 Å². The maximum atomic E-state index is 12.8. The molecular formula is C25H19BrN4O4. The second kappa shape index (κ2) is 10.2. The van der Waals surface area contributed by atoms with E-state index in [1.807, 2.05) is 30.3 Å². The van der Waals surface area contributed by atoms with E-state index < -0.39 is 0 Å². The number of nitrogens with zero attached hydrogens (tertiary/aromatic N) is 3. The number of ether oxygens (including phenoxy) is 2. The maximum absolute atomic E-state index is 12.8. The zero-order chi connectivity index (χ0) is 24.1. The van der Waals surface area contributed by atoms with Gasteiger partial charge in [0.1, 0.15) is 12.6 Å². The van der Waals surface area contributed by atoms with Gasteiger partial charge in [0.15, 0.2) is 23.5 Å². The zero-order valence-corrected chi connectivity index (χ0v) is 19.7. The number of rotatable bonds is 7. The van der Waals surface area contributed by atoms with Crippen molar-refractivity contribution < 1.29 is 14.3 Å². The quantitative estimate of drug-likeness (QED) is 0.226. The molecule has 3 aromatic carbocycles. The van der Waals surface area contributed by atoms with Crippen LogP contribution in [0.1, 0.15) is 5.56 Å². The van der Waals surface area contributed by atoms with Crippen LogP contribution in [0.5, 0.6) is 11.5 Å². The third-order valence-corrected chi connectivity index (χ3v) is 5.71. The summed E-state index contributed by atoms with van der Waals surface area (Å²) >= 11 is 3.39. The summed E-state index contributed by atoms with van der Waals surface area (Å²) in [6, 6.07) is 19.7. The second-order valence-corrected chi connectivity index (χ2v) is 8.08. The predicted octanol–water partition coefficient (Wildman–Crippen LogP) is 3.98. The van der Waals surface area contributed by atoms with Crippen molar-refractivity contribution in [2.75, 3.05) is 13.7 Å². The molecule has 4 rings (SSSR count). The Balaban J connectivity index is 1.57. The van der Waals surface area contributed by atoms with E-state index in [4.69, 9.17) is 14.7 Å². The Morgan fingerprint density at radius 1 is 1.15 bits per heavy atom. The van der Waals surface area contributed by atoms with Crippen LogP contribution in [0.15, 0.2) is 75.0 Å². The average Bonchev–Trinajstić information content (AvgIpc) is 2.85. The first-order valence-electron chi connectivity index (χ1n) is 10.2. The first-order valence-corrected chi connectivity index (χ1v) is 11.0. The molecule has 0 bridgehead atoms. The van der Waals surface area contributed by atoms with Gasteiger partial charge in [0.05, 0.1) is 28.8 Å². The maximum Gasteiger partial charge on any atom is 0.260 e. The highest BCUT2D eigenvalue weighted by Crippen LogP contribution is 2.36. The summed E-state index contributed by atoms with van der Waals surface area (Å²) in [6.45, 7) is -0.139. The Bertz CT molecular complexity index is 1460. The Hall–Kier alpha value is -4.16. The molecule has 0 fully saturated rings. The van der Waals surface area contributed by atoms with Crippen molar-refractivity contribution in [1.29, 1.82) is 5.26 Å². The lowest BCUT2D eigenvalue weighted by atomic mass is 10.1. The number of aromatic nitrogens is 1.